The van der Waals surface area contributed by atoms with Crippen molar-refractivity contribution in [1.82, 2.24) is 24.9 Å². The Bertz CT molecular complexity index is 1210. The molecule has 0 bridgehead atoms. The fourth-order valence-electron chi connectivity index (χ4n) is 3.10. The molecule has 0 saturated heterocycles. The molecule has 9 nitrogen and oxygen atoms in total. The maximum Gasteiger partial charge on any atom is 0.237 e. The predicted octanol–water partition coefficient (Wildman–Crippen LogP) is 4.10. The molecule has 152 valence electrons. The summed E-state index contributed by atoms with van der Waals surface area (Å²) in [5.41, 5.74) is 1.70. The number of allylic oxidation sites excluding steroid dienone is 1. The molecule has 4 aromatic rings. The van der Waals surface area contributed by atoms with Crippen LogP contribution in [-0.4, -0.2) is 31.7 Å². The molecule has 0 atom stereocenters. The zero-order chi connectivity index (χ0) is 20.5. The first-order valence-corrected chi connectivity index (χ1v) is 10.2. The van der Waals surface area contributed by atoms with Gasteiger partial charge in [0.15, 0.2) is 22.5 Å². The van der Waals surface area contributed by atoms with Crippen molar-refractivity contribution in [3.05, 3.63) is 54.8 Å². The van der Waals surface area contributed by atoms with Gasteiger partial charge in [0.05, 0.1) is 17.6 Å². The Morgan fingerprint density at radius 1 is 1.20 bits per heavy atom. The molecule has 1 aliphatic rings. The molecule has 5 rings (SSSR count). The number of nitrogens with zero attached hydrogens (tertiary/aromatic N) is 5. The number of aromatic nitrogens is 5. The Morgan fingerprint density at radius 3 is 2.93 bits per heavy atom. The van der Waals surface area contributed by atoms with Gasteiger partial charge in [0.25, 0.3) is 0 Å². The summed E-state index contributed by atoms with van der Waals surface area (Å²) in [6.07, 6.45) is 3.44. The van der Waals surface area contributed by atoms with Crippen molar-refractivity contribution in [3.8, 4) is 34.3 Å². The van der Waals surface area contributed by atoms with Crippen molar-refractivity contribution in [1.29, 1.82) is 0 Å². The van der Waals surface area contributed by atoms with E-state index in [0.29, 0.717) is 35.5 Å². The molecule has 0 saturated carbocycles. The highest BCUT2D eigenvalue weighted by Gasteiger charge is 2.19. The van der Waals surface area contributed by atoms with Crippen LogP contribution < -0.4 is 9.47 Å². The molecule has 0 unspecified atom stereocenters. The van der Waals surface area contributed by atoms with Crippen molar-refractivity contribution in [3.63, 3.8) is 0 Å². The Labute approximate surface area is 175 Å². The zero-order valence-corrected chi connectivity index (χ0v) is 16.9. The lowest BCUT2D eigenvalue weighted by atomic mass is 10.2. The first kappa shape index (κ1) is 18.5. The topological polar surface area (TPSA) is 101 Å². The third kappa shape index (κ3) is 3.35. The van der Waals surface area contributed by atoms with Crippen molar-refractivity contribution < 1.29 is 18.4 Å². The molecular formula is C20H17N5O4S. The highest BCUT2D eigenvalue weighted by molar-refractivity contribution is 7.98. The van der Waals surface area contributed by atoms with E-state index >= 15 is 0 Å². The standard InChI is InChI=1S/C20H17N5O4S/c1-3-7-25-19(14-6-8-26-12(14)2)22-23-20(25)30-10-17-21-18(24-29-17)13-4-5-15-16(9-13)28-11-27-15/h3-6,8-9H,1,7,10-11H2,2H3. The SMILES string of the molecule is C=CCn1c(SCc2nc(-c3ccc4c(c3)OCO4)no2)nnc1-c1ccoc1C. The second kappa shape index (κ2) is 7.71. The smallest absolute Gasteiger partial charge is 0.237 e. The Balaban J connectivity index is 1.34. The minimum atomic E-state index is 0.221. The van der Waals surface area contributed by atoms with Crippen molar-refractivity contribution in [2.45, 2.75) is 24.4 Å². The summed E-state index contributed by atoms with van der Waals surface area (Å²) in [5, 5.41) is 13.4. The van der Waals surface area contributed by atoms with Crippen LogP contribution in [0.3, 0.4) is 0 Å². The third-order valence-corrected chi connectivity index (χ3v) is 5.50. The fraction of sp³-hybridized carbons (Fsp3) is 0.200. The zero-order valence-electron chi connectivity index (χ0n) is 16.1. The van der Waals surface area contributed by atoms with E-state index in [0.717, 1.165) is 27.9 Å². The lowest BCUT2D eigenvalue weighted by molar-refractivity contribution is 0.174. The second-order valence-electron chi connectivity index (χ2n) is 6.46. The van der Waals surface area contributed by atoms with E-state index in [1.165, 1.54) is 11.8 Å². The Hall–Kier alpha value is -3.53. The van der Waals surface area contributed by atoms with Crippen LogP contribution in [0.1, 0.15) is 11.7 Å². The summed E-state index contributed by atoms with van der Waals surface area (Å²) in [4.78, 5) is 4.48. The predicted molar refractivity (Wildman–Crippen MR) is 108 cm³/mol. The number of furan rings is 1. The van der Waals surface area contributed by atoms with Crippen molar-refractivity contribution in [2.24, 2.45) is 0 Å². The highest BCUT2D eigenvalue weighted by atomic mass is 32.2. The van der Waals surface area contributed by atoms with Crippen LogP contribution in [0.25, 0.3) is 22.8 Å². The highest BCUT2D eigenvalue weighted by Crippen LogP contribution is 2.35. The molecule has 1 aromatic carbocycles. The molecule has 0 fully saturated rings. The van der Waals surface area contributed by atoms with Crippen LogP contribution in [0, 0.1) is 6.92 Å². The summed E-state index contributed by atoms with van der Waals surface area (Å²) in [7, 11) is 0. The van der Waals surface area contributed by atoms with Crippen LogP contribution in [0.15, 0.2) is 57.3 Å². The number of aryl methyl sites for hydroxylation is 1. The Morgan fingerprint density at radius 2 is 2.10 bits per heavy atom. The van der Waals surface area contributed by atoms with Gasteiger partial charge in [-0.3, -0.25) is 4.57 Å². The summed E-state index contributed by atoms with van der Waals surface area (Å²) < 4.78 is 23.5. The molecule has 0 aliphatic carbocycles. The first-order valence-electron chi connectivity index (χ1n) is 9.17. The fourth-order valence-corrected chi connectivity index (χ4v) is 3.88. The molecule has 10 heteroatoms. The molecule has 0 radical (unpaired) electrons. The Kier molecular flexibility index (Phi) is 4.75. The molecule has 0 amide bonds. The van der Waals surface area contributed by atoms with Gasteiger partial charge in [-0.1, -0.05) is 23.0 Å². The number of rotatable bonds is 7. The van der Waals surface area contributed by atoms with E-state index in [9.17, 15) is 0 Å². The maximum atomic E-state index is 5.41. The third-order valence-electron chi connectivity index (χ3n) is 4.55. The van der Waals surface area contributed by atoms with Gasteiger partial charge >= 0.3 is 0 Å². The molecule has 1 aliphatic heterocycles. The molecular weight excluding hydrogens is 406 g/mol. The van der Waals surface area contributed by atoms with E-state index in [1.54, 1.807) is 12.3 Å². The molecule has 0 spiro atoms. The van der Waals surface area contributed by atoms with Crippen LogP contribution in [0.2, 0.25) is 0 Å². The lowest BCUT2D eigenvalue weighted by Crippen LogP contribution is -2.00. The van der Waals surface area contributed by atoms with Crippen LogP contribution in [0.5, 0.6) is 11.5 Å². The maximum absolute atomic E-state index is 5.41. The number of benzene rings is 1. The lowest BCUT2D eigenvalue weighted by Gasteiger charge is -2.06. The van der Waals surface area contributed by atoms with E-state index in [-0.39, 0.29) is 6.79 Å². The van der Waals surface area contributed by atoms with Gasteiger partial charge in [0.1, 0.15) is 5.76 Å². The van der Waals surface area contributed by atoms with Crippen molar-refractivity contribution >= 4 is 11.8 Å². The van der Waals surface area contributed by atoms with Gasteiger partial charge in [-0.15, -0.1) is 16.8 Å². The van der Waals surface area contributed by atoms with Gasteiger partial charge in [-0.2, -0.15) is 4.98 Å². The van der Waals surface area contributed by atoms with E-state index in [4.69, 9.17) is 18.4 Å². The molecule has 0 N–H and O–H groups in total. The van der Waals surface area contributed by atoms with E-state index < -0.39 is 0 Å². The van der Waals surface area contributed by atoms with Gasteiger partial charge < -0.3 is 18.4 Å². The van der Waals surface area contributed by atoms with Gasteiger partial charge in [-0.05, 0) is 31.2 Å². The minimum absolute atomic E-state index is 0.221. The minimum Gasteiger partial charge on any atom is -0.469 e. The summed E-state index contributed by atoms with van der Waals surface area (Å²) in [6.45, 7) is 6.52. The average molecular weight is 423 g/mol. The van der Waals surface area contributed by atoms with Crippen LogP contribution in [-0.2, 0) is 12.3 Å². The average Bonchev–Trinajstić information content (AvgIpc) is 3.53. The molecule has 30 heavy (non-hydrogen) atoms. The normalized spacial score (nSPS) is 12.4. The van der Waals surface area contributed by atoms with E-state index in [1.807, 2.05) is 35.8 Å². The second-order valence-corrected chi connectivity index (χ2v) is 7.41. The van der Waals surface area contributed by atoms with E-state index in [2.05, 4.69) is 26.9 Å². The number of hydrogen-bond acceptors (Lipinski definition) is 9. The summed E-state index contributed by atoms with van der Waals surface area (Å²) in [6, 6.07) is 7.42. The molecule has 4 heterocycles. The van der Waals surface area contributed by atoms with Gasteiger partial charge in [0, 0.05) is 12.1 Å². The number of ether oxygens (including phenoxy) is 2. The number of thioether (sulfide) groups is 1. The van der Waals surface area contributed by atoms with Gasteiger partial charge in [0.2, 0.25) is 18.5 Å². The largest absolute Gasteiger partial charge is 0.469 e. The summed E-state index contributed by atoms with van der Waals surface area (Å²) in [5.74, 6) is 4.34. The number of fused-ring (bicyclic) bond motifs is 1. The van der Waals surface area contributed by atoms with Gasteiger partial charge in [-0.25, -0.2) is 0 Å². The summed E-state index contributed by atoms with van der Waals surface area (Å²) >= 11 is 1.46. The first-order chi connectivity index (χ1) is 14.7. The number of hydrogen-bond donors (Lipinski definition) is 0. The van der Waals surface area contributed by atoms with Crippen LogP contribution in [0.4, 0.5) is 0 Å². The monoisotopic (exact) mass is 423 g/mol. The van der Waals surface area contributed by atoms with Crippen LogP contribution >= 0.6 is 11.8 Å². The van der Waals surface area contributed by atoms with Crippen molar-refractivity contribution in [2.75, 3.05) is 6.79 Å². The molecule has 3 aromatic heterocycles. The quantitative estimate of drug-likeness (QED) is 0.321.